The van der Waals surface area contributed by atoms with E-state index in [0.717, 1.165) is 22.3 Å². The van der Waals surface area contributed by atoms with Crippen molar-refractivity contribution in [3.05, 3.63) is 53.9 Å². The standard InChI is InChI=1S/C15H17N3O2S/c1-4-9-18-11(2)16-17-15(18)21-10-12-5-7-13(8-6-12)14(19)20-3/h4-8H,1,9-10H2,2-3H3. The van der Waals surface area contributed by atoms with E-state index in [1.54, 1.807) is 23.9 Å². The van der Waals surface area contributed by atoms with Crippen LogP contribution in [0.15, 0.2) is 42.1 Å². The average molecular weight is 303 g/mol. The first-order valence-electron chi connectivity index (χ1n) is 6.46. The second-order valence-corrected chi connectivity index (χ2v) is 5.35. The quantitative estimate of drug-likeness (QED) is 0.466. The van der Waals surface area contributed by atoms with Crippen LogP contribution in [0.25, 0.3) is 0 Å². The topological polar surface area (TPSA) is 57.0 Å². The van der Waals surface area contributed by atoms with E-state index in [2.05, 4.69) is 21.5 Å². The molecular formula is C15H17N3O2S. The van der Waals surface area contributed by atoms with Crippen LogP contribution in [0.5, 0.6) is 0 Å². The Bertz CT molecular complexity index is 635. The maximum atomic E-state index is 11.4. The summed E-state index contributed by atoms with van der Waals surface area (Å²) >= 11 is 1.61. The van der Waals surface area contributed by atoms with E-state index >= 15 is 0 Å². The summed E-state index contributed by atoms with van der Waals surface area (Å²) in [7, 11) is 1.38. The molecule has 110 valence electrons. The van der Waals surface area contributed by atoms with Crippen LogP contribution in [0.3, 0.4) is 0 Å². The highest BCUT2D eigenvalue weighted by Gasteiger charge is 2.09. The number of allylic oxidation sites excluding steroid dienone is 1. The number of ether oxygens (including phenoxy) is 1. The minimum atomic E-state index is -0.324. The van der Waals surface area contributed by atoms with Gasteiger partial charge < -0.3 is 9.30 Å². The number of esters is 1. The molecule has 0 unspecified atom stereocenters. The largest absolute Gasteiger partial charge is 0.465 e. The highest BCUT2D eigenvalue weighted by molar-refractivity contribution is 7.98. The van der Waals surface area contributed by atoms with Gasteiger partial charge in [-0.1, -0.05) is 30.0 Å². The zero-order chi connectivity index (χ0) is 15.2. The van der Waals surface area contributed by atoms with E-state index in [1.165, 1.54) is 7.11 Å². The molecule has 2 aromatic rings. The van der Waals surface area contributed by atoms with E-state index in [0.29, 0.717) is 12.1 Å². The molecule has 0 saturated heterocycles. The molecular weight excluding hydrogens is 286 g/mol. The molecule has 0 saturated carbocycles. The number of benzene rings is 1. The summed E-state index contributed by atoms with van der Waals surface area (Å²) in [5.41, 5.74) is 1.66. The van der Waals surface area contributed by atoms with Crippen molar-refractivity contribution in [2.75, 3.05) is 7.11 Å². The zero-order valence-electron chi connectivity index (χ0n) is 12.1. The molecule has 0 fully saturated rings. The van der Waals surface area contributed by atoms with Crippen molar-refractivity contribution in [2.24, 2.45) is 0 Å². The Morgan fingerprint density at radius 3 is 2.71 bits per heavy atom. The predicted molar refractivity (Wildman–Crippen MR) is 82.3 cm³/mol. The van der Waals surface area contributed by atoms with Gasteiger partial charge in [0.15, 0.2) is 5.16 Å². The number of rotatable bonds is 6. The number of carbonyl (C=O) groups excluding carboxylic acids is 1. The number of carbonyl (C=O) groups is 1. The molecule has 0 N–H and O–H groups in total. The number of thioether (sulfide) groups is 1. The minimum absolute atomic E-state index is 0.324. The maximum absolute atomic E-state index is 11.4. The van der Waals surface area contributed by atoms with E-state index in [-0.39, 0.29) is 5.97 Å². The third-order valence-corrected chi connectivity index (χ3v) is 3.99. The Labute approximate surface area is 128 Å². The molecule has 1 heterocycles. The first-order valence-corrected chi connectivity index (χ1v) is 7.45. The molecule has 2 rings (SSSR count). The zero-order valence-corrected chi connectivity index (χ0v) is 12.9. The minimum Gasteiger partial charge on any atom is -0.465 e. The van der Waals surface area contributed by atoms with Crippen molar-refractivity contribution in [3.63, 3.8) is 0 Å². The Kier molecular flexibility index (Phi) is 5.16. The monoisotopic (exact) mass is 303 g/mol. The van der Waals surface area contributed by atoms with Gasteiger partial charge in [0.05, 0.1) is 12.7 Å². The SMILES string of the molecule is C=CCn1c(C)nnc1SCc1ccc(C(=O)OC)cc1. The highest BCUT2D eigenvalue weighted by Crippen LogP contribution is 2.22. The van der Waals surface area contributed by atoms with Crippen LogP contribution >= 0.6 is 11.8 Å². The summed E-state index contributed by atoms with van der Waals surface area (Å²) < 4.78 is 6.69. The van der Waals surface area contributed by atoms with Crippen molar-refractivity contribution >= 4 is 17.7 Å². The summed E-state index contributed by atoms with van der Waals surface area (Å²) in [6.45, 7) is 6.36. The van der Waals surface area contributed by atoms with E-state index in [4.69, 9.17) is 0 Å². The van der Waals surface area contributed by atoms with Crippen molar-refractivity contribution < 1.29 is 9.53 Å². The lowest BCUT2D eigenvalue weighted by Crippen LogP contribution is -2.01. The molecule has 0 aliphatic heterocycles. The van der Waals surface area contributed by atoms with E-state index in [9.17, 15) is 4.79 Å². The Hall–Kier alpha value is -2.08. The molecule has 0 amide bonds. The van der Waals surface area contributed by atoms with Gasteiger partial charge in [0.1, 0.15) is 5.82 Å². The molecule has 1 aromatic carbocycles. The highest BCUT2D eigenvalue weighted by atomic mass is 32.2. The molecule has 0 atom stereocenters. The molecule has 0 aliphatic carbocycles. The number of hydrogen-bond donors (Lipinski definition) is 0. The van der Waals surface area contributed by atoms with Gasteiger partial charge in [-0.3, -0.25) is 0 Å². The first kappa shape index (κ1) is 15.3. The molecule has 0 aliphatic rings. The fraction of sp³-hybridized carbons (Fsp3) is 0.267. The molecule has 0 bridgehead atoms. The Morgan fingerprint density at radius 2 is 2.10 bits per heavy atom. The maximum Gasteiger partial charge on any atom is 0.337 e. The van der Waals surface area contributed by atoms with Gasteiger partial charge in [-0.05, 0) is 24.6 Å². The van der Waals surface area contributed by atoms with Crippen LogP contribution in [0.2, 0.25) is 0 Å². The summed E-state index contributed by atoms with van der Waals surface area (Å²) in [5.74, 6) is 1.31. The van der Waals surface area contributed by atoms with Crippen LogP contribution in [0.4, 0.5) is 0 Å². The predicted octanol–water partition coefficient (Wildman–Crippen LogP) is 2.85. The van der Waals surface area contributed by atoms with Gasteiger partial charge in [0.2, 0.25) is 0 Å². The first-order chi connectivity index (χ1) is 10.2. The lowest BCUT2D eigenvalue weighted by atomic mass is 10.1. The summed E-state index contributed by atoms with van der Waals surface area (Å²) in [6.07, 6.45) is 1.82. The van der Waals surface area contributed by atoms with Crippen LogP contribution < -0.4 is 0 Å². The summed E-state index contributed by atoms with van der Waals surface area (Å²) in [6, 6.07) is 7.36. The molecule has 1 aromatic heterocycles. The third kappa shape index (κ3) is 3.72. The lowest BCUT2D eigenvalue weighted by Gasteiger charge is -2.06. The average Bonchev–Trinajstić information content (AvgIpc) is 2.86. The van der Waals surface area contributed by atoms with Gasteiger partial charge >= 0.3 is 5.97 Å². The van der Waals surface area contributed by atoms with Crippen LogP contribution in [-0.4, -0.2) is 27.8 Å². The fourth-order valence-corrected chi connectivity index (χ4v) is 2.76. The Balaban J connectivity index is 2.03. The number of nitrogens with zero attached hydrogens (tertiary/aromatic N) is 3. The van der Waals surface area contributed by atoms with Crippen LogP contribution in [0, 0.1) is 6.92 Å². The van der Waals surface area contributed by atoms with Crippen molar-refractivity contribution in [2.45, 2.75) is 24.4 Å². The van der Waals surface area contributed by atoms with Crippen molar-refractivity contribution in [1.29, 1.82) is 0 Å². The van der Waals surface area contributed by atoms with E-state index in [1.807, 2.05) is 29.7 Å². The van der Waals surface area contributed by atoms with Gasteiger partial charge in [-0.15, -0.1) is 16.8 Å². The fourth-order valence-electron chi connectivity index (χ4n) is 1.81. The second-order valence-electron chi connectivity index (χ2n) is 4.41. The van der Waals surface area contributed by atoms with Crippen LogP contribution in [-0.2, 0) is 17.0 Å². The molecule has 0 radical (unpaired) electrons. The van der Waals surface area contributed by atoms with Gasteiger partial charge in [-0.25, -0.2) is 4.79 Å². The molecule has 21 heavy (non-hydrogen) atoms. The second kappa shape index (κ2) is 7.08. The molecule has 5 nitrogen and oxygen atoms in total. The Morgan fingerprint density at radius 1 is 1.38 bits per heavy atom. The van der Waals surface area contributed by atoms with Gasteiger partial charge in [0, 0.05) is 12.3 Å². The smallest absolute Gasteiger partial charge is 0.337 e. The molecule has 6 heteroatoms. The van der Waals surface area contributed by atoms with Gasteiger partial charge in [-0.2, -0.15) is 0 Å². The number of methoxy groups -OCH3 is 1. The lowest BCUT2D eigenvalue weighted by molar-refractivity contribution is 0.0600. The summed E-state index contributed by atoms with van der Waals surface area (Å²) in [4.78, 5) is 11.4. The van der Waals surface area contributed by atoms with Gasteiger partial charge in [0.25, 0.3) is 0 Å². The number of hydrogen-bond acceptors (Lipinski definition) is 5. The number of aromatic nitrogens is 3. The summed E-state index contributed by atoms with van der Waals surface area (Å²) in [5, 5.41) is 9.11. The van der Waals surface area contributed by atoms with Crippen LogP contribution in [0.1, 0.15) is 21.7 Å². The number of aryl methyl sites for hydroxylation is 1. The van der Waals surface area contributed by atoms with Crippen molar-refractivity contribution in [3.8, 4) is 0 Å². The normalized spacial score (nSPS) is 10.4. The van der Waals surface area contributed by atoms with E-state index < -0.39 is 0 Å². The molecule has 0 spiro atoms. The third-order valence-electron chi connectivity index (χ3n) is 2.96. The van der Waals surface area contributed by atoms with Crippen molar-refractivity contribution in [1.82, 2.24) is 14.8 Å².